The molecule has 0 atom stereocenters. The Balaban J connectivity index is 3.59. The molecule has 1 aromatic carbocycles. The molecule has 3 nitrogen and oxygen atoms in total. The van der Waals surface area contributed by atoms with Crippen LogP contribution in [0.2, 0.25) is 0 Å². The van der Waals surface area contributed by atoms with Gasteiger partial charge in [-0.05, 0) is 12.1 Å². The van der Waals surface area contributed by atoms with Crippen molar-refractivity contribution in [2.45, 2.75) is 11.3 Å². The van der Waals surface area contributed by atoms with Gasteiger partial charge in [0.25, 0.3) is 15.5 Å². The number of nitrogens with zero attached hydrogens (tertiary/aromatic N) is 1. The Labute approximate surface area is 103 Å². The van der Waals surface area contributed by atoms with Crippen molar-refractivity contribution in [2.24, 2.45) is 0 Å². The molecular formula is C8H3BrClF2NO2S. The molecule has 0 aliphatic rings. The molecule has 0 radical (unpaired) electrons. The van der Waals surface area contributed by atoms with Crippen LogP contribution in [0, 0.1) is 11.3 Å². The van der Waals surface area contributed by atoms with E-state index in [1.54, 1.807) is 0 Å². The van der Waals surface area contributed by atoms with E-state index in [1.165, 1.54) is 6.07 Å². The zero-order chi connectivity index (χ0) is 12.5. The first-order valence-electron chi connectivity index (χ1n) is 3.73. The second kappa shape index (κ2) is 4.65. The van der Waals surface area contributed by atoms with Gasteiger partial charge in [-0.1, -0.05) is 15.9 Å². The van der Waals surface area contributed by atoms with Gasteiger partial charge in [-0.15, -0.1) is 0 Å². The van der Waals surface area contributed by atoms with E-state index in [1.807, 2.05) is 0 Å². The molecule has 1 rings (SSSR count). The van der Waals surface area contributed by atoms with E-state index >= 15 is 0 Å². The Kier molecular flexibility index (Phi) is 3.88. The van der Waals surface area contributed by atoms with Crippen LogP contribution in [-0.4, -0.2) is 8.42 Å². The number of nitriles is 1. The summed E-state index contributed by atoms with van der Waals surface area (Å²) >= 11 is 2.78. The molecule has 1 aromatic rings. The van der Waals surface area contributed by atoms with Crippen molar-refractivity contribution in [1.82, 2.24) is 0 Å². The van der Waals surface area contributed by atoms with Gasteiger partial charge in [0.05, 0.1) is 16.5 Å². The fourth-order valence-electron chi connectivity index (χ4n) is 1.05. The summed E-state index contributed by atoms with van der Waals surface area (Å²) in [7, 11) is 0.992. The van der Waals surface area contributed by atoms with Gasteiger partial charge in [0.1, 0.15) is 0 Å². The lowest BCUT2D eigenvalue weighted by atomic mass is 10.1. The van der Waals surface area contributed by atoms with Crippen LogP contribution in [-0.2, 0) is 9.05 Å². The van der Waals surface area contributed by atoms with Gasteiger partial charge < -0.3 is 0 Å². The predicted octanol–water partition coefficient (Wildman–Crippen LogP) is 3.19. The number of hydrogen-bond acceptors (Lipinski definition) is 3. The summed E-state index contributed by atoms with van der Waals surface area (Å²) in [5.74, 6) is 0. The quantitative estimate of drug-likeness (QED) is 0.783. The second-order valence-electron chi connectivity index (χ2n) is 2.72. The maximum absolute atomic E-state index is 12.5. The molecule has 0 saturated heterocycles. The van der Waals surface area contributed by atoms with Crippen LogP contribution in [0.3, 0.4) is 0 Å². The van der Waals surface area contributed by atoms with Crippen LogP contribution in [0.4, 0.5) is 8.78 Å². The van der Waals surface area contributed by atoms with Gasteiger partial charge in [0, 0.05) is 20.7 Å². The zero-order valence-electron chi connectivity index (χ0n) is 7.42. The molecule has 0 aliphatic heterocycles. The minimum absolute atomic E-state index is 0.166. The molecule has 16 heavy (non-hydrogen) atoms. The third-order valence-electron chi connectivity index (χ3n) is 1.72. The second-order valence-corrected chi connectivity index (χ2v) is 6.14. The van der Waals surface area contributed by atoms with Gasteiger partial charge in [-0.2, -0.15) is 5.26 Å². The topological polar surface area (TPSA) is 57.9 Å². The molecule has 0 heterocycles. The van der Waals surface area contributed by atoms with Crippen LogP contribution >= 0.6 is 26.6 Å². The highest BCUT2D eigenvalue weighted by atomic mass is 79.9. The lowest BCUT2D eigenvalue weighted by Gasteiger charge is -2.07. The molecule has 0 unspecified atom stereocenters. The summed E-state index contributed by atoms with van der Waals surface area (Å²) in [6.07, 6.45) is -2.88. The summed E-state index contributed by atoms with van der Waals surface area (Å²) in [6.45, 7) is 0. The van der Waals surface area contributed by atoms with Crippen LogP contribution < -0.4 is 0 Å². The van der Waals surface area contributed by atoms with Crippen molar-refractivity contribution in [3.8, 4) is 6.07 Å². The van der Waals surface area contributed by atoms with E-state index in [2.05, 4.69) is 15.9 Å². The highest BCUT2D eigenvalue weighted by Gasteiger charge is 2.21. The van der Waals surface area contributed by atoms with Crippen molar-refractivity contribution in [2.75, 3.05) is 0 Å². The van der Waals surface area contributed by atoms with Crippen molar-refractivity contribution in [3.63, 3.8) is 0 Å². The van der Waals surface area contributed by atoms with Crippen molar-refractivity contribution < 1.29 is 17.2 Å². The Bertz CT molecular complexity index is 568. The third kappa shape index (κ3) is 2.70. The maximum Gasteiger partial charge on any atom is 0.266 e. The SMILES string of the molecule is N#Cc1cc(S(=O)(=O)Cl)cc(Br)c1C(F)F. The molecule has 0 aliphatic carbocycles. The summed E-state index contributed by atoms with van der Waals surface area (Å²) in [5, 5.41) is 8.64. The minimum Gasteiger partial charge on any atom is -0.207 e. The van der Waals surface area contributed by atoms with Crippen LogP contribution in [0.15, 0.2) is 21.5 Å². The van der Waals surface area contributed by atoms with E-state index in [4.69, 9.17) is 15.9 Å². The van der Waals surface area contributed by atoms with E-state index in [0.717, 1.165) is 12.1 Å². The average molecular weight is 331 g/mol. The first kappa shape index (κ1) is 13.4. The lowest BCUT2D eigenvalue weighted by molar-refractivity contribution is 0.150. The number of halogens is 4. The predicted molar refractivity (Wildman–Crippen MR) is 56.9 cm³/mol. The monoisotopic (exact) mass is 329 g/mol. The van der Waals surface area contributed by atoms with Gasteiger partial charge in [-0.25, -0.2) is 17.2 Å². The molecule has 0 bridgehead atoms. The van der Waals surface area contributed by atoms with Crippen molar-refractivity contribution >= 4 is 35.7 Å². The Morgan fingerprint density at radius 2 is 2.00 bits per heavy atom. The highest BCUT2D eigenvalue weighted by Crippen LogP contribution is 2.33. The molecule has 0 spiro atoms. The van der Waals surface area contributed by atoms with Crippen molar-refractivity contribution in [3.05, 3.63) is 27.7 Å². The number of rotatable bonds is 2. The van der Waals surface area contributed by atoms with Crippen molar-refractivity contribution in [1.29, 1.82) is 5.26 Å². The first-order chi connectivity index (χ1) is 7.27. The lowest BCUT2D eigenvalue weighted by Crippen LogP contribution is -1.98. The number of alkyl halides is 2. The van der Waals surface area contributed by atoms with E-state index in [-0.39, 0.29) is 4.47 Å². The van der Waals surface area contributed by atoms with E-state index in [0.29, 0.717) is 0 Å². The molecule has 0 N–H and O–H groups in total. The normalized spacial score (nSPS) is 11.5. The van der Waals surface area contributed by atoms with Crippen LogP contribution in [0.5, 0.6) is 0 Å². The first-order valence-corrected chi connectivity index (χ1v) is 6.84. The Morgan fingerprint density at radius 3 is 2.38 bits per heavy atom. The summed E-state index contributed by atoms with van der Waals surface area (Å²) < 4.78 is 46.9. The van der Waals surface area contributed by atoms with E-state index in [9.17, 15) is 17.2 Å². The molecule has 0 aromatic heterocycles. The van der Waals surface area contributed by atoms with Gasteiger partial charge in [0.15, 0.2) is 0 Å². The zero-order valence-corrected chi connectivity index (χ0v) is 10.6. The standard InChI is InChI=1S/C8H3BrClF2NO2S/c9-6-2-5(16(10,14)15)1-4(3-13)7(6)8(11)12/h1-2,8H. The maximum atomic E-state index is 12.5. The van der Waals surface area contributed by atoms with Gasteiger partial charge in [-0.3, -0.25) is 0 Å². The Morgan fingerprint density at radius 1 is 1.44 bits per heavy atom. The number of hydrogen-bond donors (Lipinski definition) is 0. The largest absolute Gasteiger partial charge is 0.266 e. The average Bonchev–Trinajstić information content (AvgIpc) is 2.14. The fraction of sp³-hybridized carbons (Fsp3) is 0.125. The summed E-state index contributed by atoms with van der Waals surface area (Å²) in [4.78, 5) is -0.401. The molecule has 0 amide bonds. The molecule has 0 saturated carbocycles. The summed E-state index contributed by atoms with van der Waals surface area (Å²) in [6, 6.07) is 3.25. The van der Waals surface area contributed by atoms with Gasteiger partial charge in [0.2, 0.25) is 0 Å². The van der Waals surface area contributed by atoms with Crippen LogP contribution in [0.1, 0.15) is 17.6 Å². The smallest absolute Gasteiger partial charge is 0.207 e. The fourth-order valence-corrected chi connectivity index (χ4v) is 2.62. The van der Waals surface area contributed by atoms with Crippen LogP contribution in [0.25, 0.3) is 0 Å². The molecule has 0 fully saturated rings. The molecule has 8 heteroatoms. The molecular weight excluding hydrogens is 328 g/mol. The Hall–Kier alpha value is -0.710. The minimum atomic E-state index is -4.05. The highest BCUT2D eigenvalue weighted by molar-refractivity contribution is 9.10. The third-order valence-corrected chi connectivity index (χ3v) is 3.71. The summed E-state index contributed by atoms with van der Waals surface area (Å²) in [5.41, 5.74) is -0.977. The van der Waals surface area contributed by atoms with Gasteiger partial charge >= 0.3 is 0 Å². The molecule has 86 valence electrons. The number of benzene rings is 1. The van der Waals surface area contributed by atoms with E-state index < -0.39 is 31.5 Å².